The maximum absolute atomic E-state index is 12.0. The van der Waals surface area contributed by atoms with E-state index in [2.05, 4.69) is 10.3 Å². The van der Waals surface area contributed by atoms with Gasteiger partial charge in [0.1, 0.15) is 0 Å². The number of ketones is 1. The van der Waals surface area contributed by atoms with Gasteiger partial charge in [0.05, 0.1) is 17.3 Å². The predicted molar refractivity (Wildman–Crippen MR) is 114 cm³/mol. The Bertz CT molecular complexity index is 1160. The minimum atomic E-state index is -0.0246. The highest BCUT2D eigenvalue weighted by Crippen LogP contribution is 2.36. The maximum atomic E-state index is 12.0. The minimum absolute atomic E-state index is 0.0246. The van der Waals surface area contributed by atoms with Crippen LogP contribution in [-0.4, -0.2) is 47.5 Å². The molecule has 0 radical (unpaired) electrons. The molecule has 2 aliphatic heterocycles. The number of piperidine rings is 1. The summed E-state index contributed by atoms with van der Waals surface area (Å²) in [5, 5.41) is 15.0. The number of hydrogen-bond acceptors (Lipinski definition) is 6. The molecule has 0 atom stereocenters. The number of rotatable bonds is 4. The van der Waals surface area contributed by atoms with Gasteiger partial charge in [-0.2, -0.15) is 0 Å². The van der Waals surface area contributed by atoms with E-state index in [4.69, 9.17) is 14.5 Å². The third-order valence-electron chi connectivity index (χ3n) is 5.69. The molecule has 5 rings (SSSR count). The van der Waals surface area contributed by atoms with Crippen LogP contribution in [0.1, 0.15) is 41.3 Å². The Morgan fingerprint density at radius 3 is 2.63 bits per heavy atom. The van der Waals surface area contributed by atoms with Crippen LogP contribution < -0.4 is 14.8 Å². The van der Waals surface area contributed by atoms with E-state index in [1.165, 1.54) is 6.92 Å². The second-order valence-electron chi connectivity index (χ2n) is 7.69. The van der Waals surface area contributed by atoms with E-state index < -0.39 is 0 Å². The number of H-pyrrole nitrogens is 1. The largest absolute Gasteiger partial charge is 0.494 e. The van der Waals surface area contributed by atoms with Crippen molar-refractivity contribution in [1.82, 2.24) is 10.3 Å². The molecule has 3 heterocycles. The van der Waals surface area contributed by atoms with Gasteiger partial charge in [-0.1, -0.05) is 0 Å². The number of nitrogens with zero attached hydrogens (tertiary/aromatic N) is 1. The third kappa shape index (κ3) is 3.31. The zero-order chi connectivity index (χ0) is 20.7. The molecule has 0 bridgehead atoms. The molecular weight excluding hydrogens is 382 g/mol. The Morgan fingerprint density at radius 2 is 1.83 bits per heavy atom. The van der Waals surface area contributed by atoms with E-state index in [0.717, 1.165) is 42.4 Å². The van der Waals surface area contributed by atoms with Crippen molar-refractivity contribution in [3.05, 3.63) is 53.1 Å². The summed E-state index contributed by atoms with van der Waals surface area (Å²) in [4.78, 5) is 20.1. The van der Waals surface area contributed by atoms with Gasteiger partial charge in [0.2, 0.25) is 6.79 Å². The number of Topliss-reactive ketones (excluding diaryl/α,β-unsaturated/α-hetero) is 1. The quantitative estimate of drug-likeness (QED) is 0.457. The summed E-state index contributed by atoms with van der Waals surface area (Å²) in [7, 11) is 0. The summed E-state index contributed by atoms with van der Waals surface area (Å²) >= 11 is 0. The van der Waals surface area contributed by atoms with Gasteiger partial charge in [0.25, 0.3) is 0 Å². The molecule has 1 aromatic heterocycles. The van der Waals surface area contributed by atoms with Crippen molar-refractivity contribution in [3.63, 3.8) is 0 Å². The number of aromatic hydroxyl groups is 1. The van der Waals surface area contributed by atoms with Crippen molar-refractivity contribution in [1.29, 1.82) is 0 Å². The summed E-state index contributed by atoms with van der Waals surface area (Å²) in [6.45, 7) is 3.56. The first kappa shape index (κ1) is 18.7. The smallest absolute Gasteiger partial charge is 0.231 e. The van der Waals surface area contributed by atoms with Gasteiger partial charge < -0.3 is 24.9 Å². The Hall–Kier alpha value is -3.32. The fraction of sp³-hybridized carbons (Fsp3) is 0.304. The van der Waals surface area contributed by atoms with Crippen LogP contribution in [0.15, 0.2) is 41.4 Å². The highest BCUT2D eigenvalue weighted by atomic mass is 16.7. The zero-order valence-electron chi connectivity index (χ0n) is 16.7. The lowest BCUT2D eigenvalue weighted by Gasteiger charge is -2.21. The van der Waals surface area contributed by atoms with Gasteiger partial charge in [-0.05, 0) is 69.3 Å². The fourth-order valence-electron chi connectivity index (χ4n) is 4.08. The number of benzene rings is 2. The lowest BCUT2D eigenvalue weighted by Crippen LogP contribution is -2.30. The van der Waals surface area contributed by atoms with Crippen molar-refractivity contribution in [2.45, 2.75) is 25.8 Å². The maximum Gasteiger partial charge on any atom is 0.231 e. The minimum Gasteiger partial charge on any atom is -0.494 e. The lowest BCUT2D eigenvalue weighted by molar-refractivity contribution is 0.101. The molecule has 0 amide bonds. The molecule has 2 aliphatic rings. The van der Waals surface area contributed by atoms with E-state index in [1.54, 1.807) is 6.07 Å². The molecule has 1 fully saturated rings. The van der Waals surface area contributed by atoms with Crippen molar-refractivity contribution in [2.24, 2.45) is 4.99 Å². The first-order valence-electron chi connectivity index (χ1n) is 10.1. The normalized spacial score (nSPS) is 16.9. The lowest BCUT2D eigenvalue weighted by atomic mass is 9.97. The number of nitrogens with one attached hydrogen (secondary N) is 2. The second kappa shape index (κ2) is 7.50. The third-order valence-corrected chi connectivity index (χ3v) is 5.69. The molecule has 3 N–H and O–H groups in total. The van der Waals surface area contributed by atoms with E-state index in [0.29, 0.717) is 28.3 Å². The second-order valence-corrected chi connectivity index (χ2v) is 7.69. The number of aliphatic imine (C=N–C) groups is 1. The number of carbonyl (C=O) groups is 1. The van der Waals surface area contributed by atoms with Crippen molar-refractivity contribution in [2.75, 3.05) is 19.9 Å². The van der Waals surface area contributed by atoms with Gasteiger partial charge in [-0.25, -0.2) is 0 Å². The van der Waals surface area contributed by atoms with Crippen LogP contribution in [0.4, 0.5) is 0 Å². The number of carbonyl (C=O) groups excluding carboxylic acids is 1. The van der Waals surface area contributed by atoms with Crippen LogP contribution in [-0.2, 0) is 0 Å². The van der Waals surface area contributed by atoms with E-state index in [9.17, 15) is 9.90 Å². The van der Waals surface area contributed by atoms with Crippen molar-refractivity contribution < 1.29 is 19.4 Å². The van der Waals surface area contributed by atoms with Crippen molar-refractivity contribution >= 4 is 22.4 Å². The molecule has 7 nitrogen and oxygen atoms in total. The van der Waals surface area contributed by atoms with Gasteiger partial charge in [-0.3, -0.25) is 9.79 Å². The summed E-state index contributed by atoms with van der Waals surface area (Å²) < 4.78 is 11.0. The van der Waals surface area contributed by atoms with Gasteiger partial charge in [0.15, 0.2) is 23.2 Å². The molecule has 0 spiro atoms. The average Bonchev–Trinajstić information content (AvgIpc) is 3.35. The van der Waals surface area contributed by atoms with E-state index >= 15 is 0 Å². The van der Waals surface area contributed by atoms with Crippen molar-refractivity contribution in [3.8, 4) is 17.4 Å². The topological polar surface area (TPSA) is 95.9 Å². The summed E-state index contributed by atoms with van der Waals surface area (Å²) in [6.07, 6.45) is 1.85. The molecule has 0 aliphatic carbocycles. The van der Waals surface area contributed by atoms with Crippen LogP contribution in [0, 0.1) is 0 Å². The standard InChI is InChI=1S/C23H23N3O4/c1-13(27)14-2-4-18-17(10-14)21(23(28)26-18)22(25-16-6-8-24-9-7-16)15-3-5-19-20(11-15)30-12-29-19/h2-5,10-11,16,24,26,28H,6-9,12H2,1H3. The van der Waals surface area contributed by atoms with E-state index in [-0.39, 0.29) is 24.5 Å². The molecule has 7 heteroatoms. The molecule has 2 aromatic carbocycles. The highest BCUT2D eigenvalue weighted by Gasteiger charge is 2.24. The molecule has 1 saturated heterocycles. The molecule has 0 saturated carbocycles. The van der Waals surface area contributed by atoms with Gasteiger partial charge in [0, 0.05) is 22.0 Å². The number of hydrogen-bond donors (Lipinski definition) is 3. The molecule has 154 valence electrons. The fourth-order valence-corrected chi connectivity index (χ4v) is 4.08. The molecular formula is C23H23N3O4. The van der Waals surface area contributed by atoms with Crippen LogP contribution >= 0.6 is 0 Å². The Kier molecular flexibility index (Phi) is 4.67. The SMILES string of the molecule is CC(=O)c1ccc2[nH]c(O)c(C(=NC3CCNCC3)c3ccc4c(c3)OCO4)c2c1. The monoisotopic (exact) mass is 405 g/mol. The molecule has 0 unspecified atom stereocenters. The van der Waals surface area contributed by atoms with Crippen LogP contribution in [0.2, 0.25) is 0 Å². The Balaban J connectivity index is 1.70. The number of ether oxygens (including phenoxy) is 2. The first-order chi connectivity index (χ1) is 14.6. The summed E-state index contributed by atoms with van der Waals surface area (Å²) in [6, 6.07) is 11.2. The number of aromatic amines is 1. The number of aromatic nitrogens is 1. The molecule has 3 aromatic rings. The van der Waals surface area contributed by atoms with Gasteiger partial charge in [-0.15, -0.1) is 0 Å². The zero-order valence-corrected chi connectivity index (χ0v) is 16.7. The van der Waals surface area contributed by atoms with Gasteiger partial charge >= 0.3 is 0 Å². The highest BCUT2D eigenvalue weighted by molar-refractivity contribution is 6.22. The average molecular weight is 405 g/mol. The Labute approximate surface area is 173 Å². The van der Waals surface area contributed by atoms with Crippen LogP contribution in [0.25, 0.3) is 10.9 Å². The molecule has 30 heavy (non-hydrogen) atoms. The summed E-state index contributed by atoms with van der Waals surface area (Å²) in [5.74, 6) is 1.37. The van der Waals surface area contributed by atoms with Crippen LogP contribution in [0.5, 0.6) is 17.4 Å². The Morgan fingerprint density at radius 1 is 1.07 bits per heavy atom. The van der Waals surface area contributed by atoms with Crippen LogP contribution in [0.3, 0.4) is 0 Å². The first-order valence-corrected chi connectivity index (χ1v) is 10.1. The number of fused-ring (bicyclic) bond motifs is 2. The summed E-state index contributed by atoms with van der Waals surface area (Å²) in [5.41, 5.74) is 3.47. The predicted octanol–water partition coefficient (Wildman–Crippen LogP) is 3.39. The van der Waals surface area contributed by atoms with E-state index in [1.807, 2.05) is 30.3 Å².